The zero-order chi connectivity index (χ0) is 19.8. The van der Waals surface area contributed by atoms with Crippen LogP contribution in [0.3, 0.4) is 0 Å². The van der Waals surface area contributed by atoms with Gasteiger partial charge in [0.15, 0.2) is 5.16 Å². The number of aromatic nitrogens is 2. The summed E-state index contributed by atoms with van der Waals surface area (Å²) in [5.74, 6) is 0.220. The summed E-state index contributed by atoms with van der Waals surface area (Å²) in [5.41, 5.74) is 7.57. The maximum absolute atomic E-state index is 12.1. The number of carbonyl (C=O) groups excluding carboxylic acids is 1. The van der Waals surface area contributed by atoms with Gasteiger partial charge >= 0.3 is 0 Å². The molecular formula is C16H17N5O3S3. The van der Waals surface area contributed by atoms with Gasteiger partial charge in [-0.1, -0.05) is 11.8 Å². The second kappa shape index (κ2) is 7.43. The second-order valence-electron chi connectivity index (χ2n) is 5.76. The SMILES string of the molecule is Cc1sc2nc(SCC(=O)Nc3ccc(S(N)(=O)=O)cc3)nc(N)c2c1C. The van der Waals surface area contributed by atoms with Crippen LogP contribution in [-0.4, -0.2) is 30.0 Å². The van der Waals surface area contributed by atoms with Crippen LogP contribution < -0.4 is 16.2 Å². The molecule has 0 aliphatic carbocycles. The van der Waals surface area contributed by atoms with Gasteiger partial charge in [-0.15, -0.1) is 11.3 Å². The largest absolute Gasteiger partial charge is 0.383 e. The molecule has 0 bridgehead atoms. The van der Waals surface area contributed by atoms with Gasteiger partial charge in [0.1, 0.15) is 10.6 Å². The molecule has 0 spiro atoms. The molecule has 3 aromatic rings. The Morgan fingerprint density at radius 3 is 2.52 bits per heavy atom. The molecule has 0 atom stereocenters. The Labute approximate surface area is 164 Å². The number of nitrogen functional groups attached to an aromatic ring is 1. The summed E-state index contributed by atoms with van der Waals surface area (Å²) in [4.78, 5) is 22.8. The Morgan fingerprint density at radius 1 is 1.22 bits per heavy atom. The highest BCUT2D eigenvalue weighted by Crippen LogP contribution is 2.33. The highest BCUT2D eigenvalue weighted by molar-refractivity contribution is 7.99. The molecule has 3 rings (SSSR count). The number of anilines is 2. The van der Waals surface area contributed by atoms with Gasteiger partial charge in [-0.3, -0.25) is 4.79 Å². The number of hydrogen-bond donors (Lipinski definition) is 3. The zero-order valence-corrected chi connectivity index (χ0v) is 17.0. The summed E-state index contributed by atoms with van der Waals surface area (Å²) in [6, 6.07) is 5.61. The number of benzene rings is 1. The monoisotopic (exact) mass is 423 g/mol. The molecule has 0 aliphatic heterocycles. The number of hydrogen-bond acceptors (Lipinski definition) is 8. The number of aryl methyl sites for hydroxylation is 2. The van der Waals surface area contributed by atoms with E-state index < -0.39 is 10.0 Å². The molecule has 8 nitrogen and oxygen atoms in total. The molecule has 0 unspecified atom stereocenters. The van der Waals surface area contributed by atoms with E-state index in [4.69, 9.17) is 10.9 Å². The summed E-state index contributed by atoms with van der Waals surface area (Å²) in [7, 11) is -3.76. The van der Waals surface area contributed by atoms with Crippen molar-refractivity contribution in [3.63, 3.8) is 0 Å². The zero-order valence-electron chi connectivity index (χ0n) is 14.5. The molecule has 0 radical (unpaired) electrons. The van der Waals surface area contributed by atoms with Crippen LogP contribution in [0.25, 0.3) is 10.2 Å². The third-order valence-corrected chi connectivity index (χ3v) is 6.71. The summed E-state index contributed by atoms with van der Waals surface area (Å²) >= 11 is 2.72. The van der Waals surface area contributed by atoms with E-state index >= 15 is 0 Å². The topological polar surface area (TPSA) is 141 Å². The van der Waals surface area contributed by atoms with E-state index in [1.807, 2.05) is 13.8 Å². The Balaban J connectivity index is 1.66. The van der Waals surface area contributed by atoms with Crippen LogP contribution >= 0.6 is 23.1 Å². The first kappa shape index (κ1) is 19.5. The first-order chi connectivity index (χ1) is 12.6. The molecule has 11 heteroatoms. The minimum absolute atomic E-state index is 0.0198. The van der Waals surface area contributed by atoms with Crippen LogP contribution in [0, 0.1) is 13.8 Å². The molecule has 1 aromatic carbocycles. The number of amides is 1. The van der Waals surface area contributed by atoms with Gasteiger partial charge < -0.3 is 11.1 Å². The van der Waals surface area contributed by atoms with Gasteiger partial charge in [0.05, 0.1) is 16.0 Å². The number of carbonyl (C=O) groups is 1. The lowest BCUT2D eigenvalue weighted by Crippen LogP contribution is -2.15. The number of fused-ring (bicyclic) bond motifs is 1. The molecule has 2 aromatic heterocycles. The standard InChI is InChI=1S/C16H17N5O3S3/c1-8-9(2)26-15-13(8)14(17)20-16(21-15)25-7-12(22)19-10-3-5-11(6-4-10)27(18,23)24/h3-6H,7H2,1-2H3,(H,19,22)(H2,17,20,21)(H2,18,23,24). The van der Waals surface area contributed by atoms with E-state index in [1.165, 1.54) is 36.0 Å². The molecular weight excluding hydrogens is 406 g/mol. The van der Waals surface area contributed by atoms with Crippen molar-refractivity contribution in [2.75, 3.05) is 16.8 Å². The summed E-state index contributed by atoms with van der Waals surface area (Å²) < 4.78 is 22.5. The van der Waals surface area contributed by atoms with E-state index in [2.05, 4.69) is 15.3 Å². The average molecular weight is 424 g/mol. The molecule has 0 fully saturated rings. The van der Waals surface area contributed by atoms with E-state index in [9.17, 15) is 13.2 Å². The minimum atomic E-state index is -3.76. The molecule has 27 heavy (non-hydrogen) atoms. The third-order valence-electron chi connectivity index (χ3n) is 3.84. The van der Waals surface area contributed by atoms with Crippen LogP contribution in [0.5, 0.6) is 0 Å². The Morgan fingerprint density at radius 2 is 1.89 bits per heavy atom. The average Bonchev–Trinajstić information content (AvgIpc) is 2.87. The lowest BCUT2D eigenvalue weighted by atomic mass is 10.2. The van der Waals surface area contributed by atoms with Crippen molar-refractivity contribution < 1.29 is 13.2 Å². The summed E-state index contributed by atoms with van der Waals surface area (Å²) in [5, 5.41) is 9.01. The summed E-state index contributed by atoms with van der Waals surface area (Å²) in [6.45, 7) is 3.98. The van der Waals surface area contributed by atoms with Gasteiger partial charge in [-0.05, 0) is 43.7 Å². The molecule has 1 amide bonds. The number of rotatable bonds is 5. The number of nitrogens with one attached hydrogen (secondary N) is 1. The number of nitrogens with zero attached hydrogens (tertiary/aromatic N) is 2. The van der Waals surface area contributed by atoms with Crippen molar-refractivity contribution in [2.24, 2.45) is 5.14 Å². The third kappa shape index (κ3) is 4.38. The first-order valence-electron chi connectivity index (χ1n) is 7.74. The normalized spacial score (nSPS) is 11.7. The molecule has 0 saturated carbocycles. The molecule has 5 N–H and O–H groups in total. The highest BCUT2D eigenvalue weighted by Gasteiger charge is 2.14. The van der Waals surface area contributed by atoms with Crippen molar-refractivity contribution in [3.05, 3.63) is 34.7 Å². The number of thiophene rings is 1. The maximum atomic E-state index is 12.1. The van der Waals surface area contributed by atoms with Gasteiger partial charge in [-0.25, -0.2) is 23.5 Å². The lowest BCUT2D eigenvalue weighted by Gasteiger charge is -2.06. The Bertz CT molecular complexity index is 1120. The first-order valence-corrected chi connectivity index (χ1v) is 11.1. The van der Waals surface area contributed by atoms with Crippen LogP contribution in [-0.2, 0) is 14.8 Å². The lowest BCUT2D eigenvalue weighted by molar-refractivity contribution is -0.113. The number of thioether (sulfide) groups is 1. The van der Waals surface area contributed by atoms with Gasteiger partial charge in [0, 0.05) is 10.6 Å². The van der Waals surface area contributed by atoms with E-state index in [0.717, 1.165) is 20.7 Å². The van der Waals surface area contributed by atoms with E-state index in [-0.39, 0.29) is 16.6 Å². The number of sulfonamides is 1. The van der Waals surface area contributed by atoms with Crippen molar-refractivity contribution in [2.45, 2.75) is 23.9 Å². The maximum Gasteiger partial charge on any atom is 0.238 e. The quantitative estimate of drug-likeness (QED) is 0.422. The predicted molar refractivity (Wildman–Crippen MR) is 108 cm³/mol. The van der Waals surface area contributed by atoms with Crippen LogP contribution in [0.4, 0.5) is 11.5 Å². The Kier molecular flexibility index (Phi) is 5.38. The van der Waals surface area contributed by atoms with E-state index in [1.54, 1.807) is 11.3 Å². The fraction of sp³-hybridized carbons (Fsp3) is 0.188. The fourth-order valence-corrected chi connectivity index (χ4v) is 4.64. The molecule has 0 aliphatic rings. The summed E-state index contributed by atoms with van der Waals surface area (Å²) in [6.07, 6.45) is 0. The molecule has 2 heterocycles. The van der Waals surface area contributed by atoms with Crippen LogP contribution in [0.2, 0.25) is 0 Å². The van der Waals surface area contributed by atoms with Gasteiger partial charge in [-0.2, -0.15) is 0 Å². The predicted octanol–water partition coefficient (Wildman–Crippen LogP) is 2.27. The van der Waals surface area contributed by atoms with Crippen molar-refractivity contribution in [3.8, 4) is 0 Å². The van der Waals surface area contributed by atoms with Crippen LogP contribution in [0.15, 0.2) is 34.3 Å². The molecule has 0 saturated heterocycles. The second-order valence-corrected chi connectivity index (χ2v) is 9.47. The smallest absolute Gasteiger partial charge is 0.238 e. The van der Waals surface area contributed by atoms with Crippen molar-refractivity contribution >= 4 is 60.8 Å². The van der Waals surface area contributed by atoms with Crippen molar-refractivity contribution in [1.29, 1.82) is 0 Å². The van der Waals surface area contributed by atoms with Gasteiger partial charge in [0.25, 0.3) is 0 Å². The fourth-order valence-electron chi connectivity index (χ4n) is 2.38. The minimum Gasteiger partial charge on any atom is -0.383 e. The molecule has 142 valence electrons. The van der Waals surface area contributed by atoms with E-state index in [0.29, 0.717) is 16.7 Å². The van der Waals surface area contributed by atoms with Crippen LogP contribution in [0.1, 0.15) is 10.4 Å². The highest BCUT2D eigenvalue weighted by atomic mass is 32.2. The van der Waals surface area contributed by atoms with Gasteiger partial charge in [0.2, 0.25) is 15.9 Å². The number of primary sulfonamides is 1. The number of nitrogens with two attached hydrogens (primary N) is 2. The van der Waals surface area contributed by atoms with Crippen molar-refractivity contribution in [1.82, 2.24) is 9.97 Å². The Hall–Kier alpha value is -2.21.